The molecule has 0 aromatic heterocycles. The predicted molar refractivity (Wildman–Crippen MR) is 78.4 cm³/mol. The summed E-state index contributed by atoms with van der Waals surface area (Å²) in [6.07, 6.45) is 1.51. The lowest BCUT2D eigenvalue weighted by molar-refractivity contribution is 0.208. The fourth-order valence-electron chi connectivity index (χ4n) is 2.11. The molecule has 0 radical (unpaired) electrons. The Hall–Kier alpha value is -1.02. The number of likely N-dealkylation sites (N-methyl/N-ethyl adjacent to an activating group) is 1. The van der Waals surface area contributed by atoms with Crippen LogP contribution in [0.3, 0.4) is 0 Å². The van der Waals surface area contributed by atoms with Gasteiger partial charge in [0.1, 0.15) is 11.9 Å². The molecule has 0 N–H and O–H groups in total. The molecule has 102 valence electrons. The molecule has 1 fully saturated rings. The summed E-state index contributed by atoms with van der Waals surface area (Å²) in [4.78, 5) is 2.31. The molecular weight excluding hydrogens is 222 g/mol. The summed E-state index contributed by atoms with van der Waals surface area (Å²) in [6, 6.07) is 8.51. The fraction of sp³-hybridized carbons (Fsp3) is 0.625. The number of nitrogens with zero attached hydrogens (tertiary/aromatic N) is 1. The van der Waals surface area contributed by atoms with E-state index < -0.39 is 0 Å². The summed E-state index contributed by atoms with van der Waals surface area (Å²) >= 11 is 0. The molecule has 0 spiro atoms. The van der Waals surface area contributed by atoms with Crippen LogP contribution >= 0.6 is 0 Å². The van der Waals surface area contributed by atoms with Gasteiger partial charge in [0.2, 0.25) is 0 Å². The molecule has 2 rings (SSSR count). The Balaban J connectivity index is 0.000000771. The average Bonchev–Trinajstić information content (AvgIpc) is 2.78. The lowest BCUT2D eigenvalue weighted by Crippen LogP contribution is -2.21. The number of hydrogen-bond acceptors (Lipinski definition) is 2. The Morgan fingerprint density at radius 1 is 1.17 bits per heavy atom. The quantitative estimate of drug-likeness (QED) is 0.805. The molecule has 1 atom stereocenters. The Kier molecular flexibility index (Phi) is 6.20. The van der Waals surface area contributed by atoms with Crippen LogP contribution in [0.1, 0.15) is 45.6 Å². The first-order valence-corrected chi connectivity index (χ1v) is 7.10. The number of ether oxygens (including phenoxy) is 1. The lowest BCUT2D eigenvalue weighted by atomic mass is 10.0. The van der Waals surface area contributed by atoms with Crippen LogP contribution in [0.2, 0.25) is 0 Å². The maximum atomic E-state index is 5.94. The number of benzene rings is 1. The summed E-state index contributed by atoms with van der Waals surface area (Å²) < 4.78 is 5.94. The highest BCUT2D eigenvalue weighted by Crippen LogP contribution is 2.21. The van der Waals surface area contributed by atoms with Crippen molar-refractivity contribution in [2.45, 2.75) is 46.1 Å². The highest BCUT2D eigenvalue weighted by atomic mass is 16.5. The van der Waals surface area contributed by atoms with Gasteiger partial charge in [0.15, 0.2) is 0 Å². The van der Waals surface area contributed by atoms with E-state index in [0.29, 0.717) is 12.0 Å². The number of likely N-dealkylation sites (tertiary alicyclic amines) is 1. The largest absolute Gasteiger partial charge is 0.489 e. The zero-order valence-electron chi connectivity index (χ0n) is 12.4. The van der Waals surface area contributed by atoms with Crippen molar-refractivity contribution in [1.29, 1.82) is 0 Å². The molecule has 2 nitrogen and oxygen atoms in total. The van der Waals surface area contributed by atoms with Gasteiger partial charge in [-0.05, 0) is 37.1 Å². The second kappa shape index (κ2) is 7.42. The van der Waals surface area contributed by atoms with Crippen LogP contribution in [0.25, 0.3) is 0 Å². The fourth-order valence-corrected chi connectivity index (χ4v) is 2.11. The van der Waals surface area contributed by atoms with E-state index in [1.807, 2.05) is 13.8 Å². The molecule has 1 aliphatic rings. The molecule has 0 amide bonds. The second-order valence-corrected chi connectivity index (χ2v) is 5.01. The van der Waals surface area contributed by atoms with Crippen LogP contribution in [0, 0.1) is 0 Å². The standard InChI is InChI=1S/C14H21NO.C2H6/c1-11(2)12-4-6-13(7-5-12)16-14-8-9-15(3)10-14;1-2/h4-7,11,14H,8-10H2,1-3H3;1-2H3. The molecule has 1 aliphatic heterocycles. The third kappa shape index (κ3) is 4.34. The van der Waals surface area contributed by atoms with Gasteiger partial charge in [0.05, 0.1) is 0 Å². The van der Waals surface area contributed by atoms with E-state index in [-0.39, 0.29) is 0 Å². The van der Waals surface area contributed by atoms with Crippen molar-refractivity contribution in [2.75, 3.05) is 20.1 Å². The zero-order chi connectivity index (χ0) is 13.5. The lowest BCUT2D eigenvalue weighted by Gasteiger charge is -2.14. The third-order valence-corrected chi connectivity index (χ3v) is 3.20. The maximum Gasteiger partial charge on any atom is 0.119 e. The van der Waals surface area contributed by atoms with Gasteiger partial charge in [0.25, 0.3) is 0 Å². The molecular formula is C16H27NO. The Morgan fingerprint density at radius 3 is 2.22 bits per heavy atom. The highest BCUT2D eigenvalue weighted by Gasteiger charge is 2.20. The minimum atomic E-state index is 0.370. The van der Waals surface area contributed by atoms with Gasteiger partial charge < -0.3 is 9.64 Å². The van der Waals surface area contributed by atoms with Gasteiger partial charge in [-0.25, -0.2) is 0 Å². The van der Waals surface area contributed by atoms with Crippen molar-refractivity contribution in [2.24, 2.45) is 0 Å². The van der Waals surface area contributed by atoms with E-state index in [9.17, 15) is 0 Å². The van der Waals surface area contributed by atoms with Crippen LogP contribution in [0.5, 0.6) is 5.75 Å². The van der Waals surface area contributed by atoms with E-state index in [0.717, 1.165) is 25.3 Å². The SMILES string of the molecule is CC.CC(C)c1ccc(OC2CCN(C)C2)cc1. The van der Waals surface area contributed by atoms with Gasteiger partial charge in [-0.2, -0.15) is 0 Å². The Bertz CT molecular complexity index is 331. The van der Waals surface area contributed by atoms with E-state index in [1.54, 1.807) is 0 Å². The first-order valence-electron chi connectivity index (χ1n) is 7.10. The highest BCUT2D eigenvalue weighted by molar-refractivity contribution is 5.29. The molecule has 0 aliphatic carbocycles. The van der Waals surface area contributed by atoms with Crippen LogP contribution < -0.4 is 4.74 Å². The minimum absolute atomic E-state index is 0.370. The molecule has 1 aromatic carbocycles. The first kappa shape index (κ1) is 15.0. The molecule has 2 heteroatoms. The van der Waals surface area contributed by atoms with Gasteiger partial charge in [0, 0.05) is 13.1 Å². The Morgan fingerprint density at radius 2 is 1.78 bits per heavy atom. The van der Waals surface area contributed by atoms with Gasteiger partial charge >= 0.3 is 0 Å². The van der Waals surface area contributed by atoms with Gasteiger partial charge in [-0.3, -0.25) is 0 Å². The van der Waals surface area contributed by atoms with Crippen LogP contribution in [0.4, 0.5) is 0 Å². The van der Waals surface area contributed by atoms with Crippen LogP contribution in [0.15, 0.2) is 24.3 Å². The van der Waals surface area contributed by atoms with Crippen molar-refractivity contribution in [3.8, 4) is 5.75 Å². The Labute approximate surface area is 112 Å². The van der Waals surface area contributed by atoms with Crippen LogP contribution in [-0.2, 0) is 0 Å². The van der Waals surface area contributed by atoms with E-state index >= 15 is 0 Å². The maximum absolute atomic E-state index is 5.94. The van der Waals surface area contributed by atoms with Crippen molar-refractivity contribution in [3.05, 3.63) is 29.8 Å². The van der Waals surface area contributed by atoms with Gasteiger partial charge in [-0.1, -0.05) is 39.8 Å². The van der Waals surface area contributed by atoms with E-state index in [1.165, 1.54) is 5.56 Å². The third-order valence-electron chi connectivity index (χ3n) is 3.20. The molecule has 1 aromatic rings. The van der Waals surface area contributed by atoms with Crippen molar-refractivity contribution in [1.82, 2.24) is 4.90 Å². The molecule has 1 saturated heterocycles. The van der Waals surface area contributed by atoms with Crippen LogP contribution in [-0.4, -0.2) is 31.1 Å². The van der Waals surface area contributed by atoms with Gasteiger partial charge in [-0.15, -0.1) is 0 Å². The smallest absolute Gasteiger partial charge is 0.119 e. The monoisotopic (exact) mass is 249 g/mol. The van der Waals surface area contributed by atoms with Crippen molar-refractivity contribution in [3.63, 3.8) is 0 Å². The number of rotatable bonds is 3. The number of hydrogen-bond donors (Lipinski definition) is 0. The van der Waals surface area contributed by atoms with Crippen molar-refractivity contribution >= 4 is 0 Å². The van der Waals surface area contributed by atoms with E-state index in [4.69, 9.17) is 4.74 Å². The normalized spacial score (nSPS) is 19.6. The molecule has 0 bridgehead atoms. The summed E-state index contributed by atoms with van der Waals surface area (Å²) in [6.45, 7) is 10.6. The molecule has 1 unspecified atom stereocenters. The van der Waals surface area contributed by atoms with E-state index in [2.05, 4.69) is 50.1 Å². The second-order valence-electron chi connectivity index (χ2n) is 5.01. The topological polar surface area (TPSA) is 12.5 Å². The summed E-state index contributed by atoms with van der Waals surface area (Å²) in [5.74, 6) is 1.59. The zero-order valence-corrected chi connectivity index (χ0v) is 12.4. The molecule has 1 heterocycles. The predicted octanol–water partition coefficient (Wildman–Crippen LogP) is 3.92. The molecule has 0 saturated carbocycles. The first-order chi connectivity index (χ1) is 8.65. The summed E-state index contributed by atoms with van der Waals surface area (Å²) in [5, 5.41) is 0. The van der Waals surface area contributed by atoms with Crippen molar-refractivity contribution < 1.29 is 4.74 Å². The average molecular weight is 249 g/mol. The minimum Gasteiger partial charge on any atom is -0.489 e. The molecule has 18 heavy (non-hydrogen) atoms. The summed E-state index contributed by atoms with van der Waals surface area (Å²) in [5.41, 5.74) is 1.37. The summed E-state index contributed by atoms with van der Waals surface area (Å²) in [7, 11) is 2.14.